The molecule has 2 saturated carbocycles. The Morgan fingerprint density at radius 3 is 2.67 bits per heavy atom. The molecule has 24 heavy (non-hydrogen) atoms. The van der Waals surface area contributed by atoms with Gasteiger partial charge >= 0.3 is 0 Å². The molecule has 1 aliphatic heterocycles. The lowest BCUT2D eigenvalue weighted by molar-refractivity contribution is -0.0543. The van der Waals surface area contributed by atoms with Gasteiger partial charge in [0.15, 0.2) is 0 Å². The number of alkyl halides is 1. The van der Waals surface area contributed by atoms with Crippen molar-refractivity contribution < 1.29 is 9.84 Å². The van der Waals surface area contributed by atoms with Gasteiger partial charge in [-0.2, -0.15) is 11.8 Å². The largest absolute Gasteiger partial charge is 0.385 e. The summed E-state index contributed by atoms with van der Waals surface area (Å²) >= 11 is 8.41. The van der Waals surface area contributed by atoms with Crippen LogP contribution in [0.1, 0.15) is 52.4 Å². The van der Waals surface area contributed by atoms with Crippen molar-refractivity contribution in [1.29, 1.82) is 0 Å². The van der Waals surface area contributed by atoms with Gasteiger partial charge in [0, 0.05) is 29.6 Å². The van der Waals surface area contributed by atoms with Gasteiger partial charge in [-0.3, -0.25) is 4.99 Å². The van der Waals surface area contributed by atoms with Crippen LogP contribution in [0, 0.1) is 11.8 Å². The number of rotatable bonds is 4. The van der Waals surface area contributed by atoms with Crippen LogP contribution in [0.4, 0.5) is 0 Å². The van der Waals surface area contributed by atoms with Crippen molar-refractivity contribution in [2.45, 2.75) is 86.0 Å². The smallest absolute Gasteiger partial charge is 0.130 e. The van der Waals surface area contributed by atoms with Crippen molar-refractivity contribution in [3.05, 3.63) is 0 Å². The molecule has 3 aliphatic rings. The zero-order valence-corrected chi connectivity index (χ0v) is 16.5. The van der Waals surface area contributed by atoms with Crippen LogP contribution < -0.4 is 5.73 Å². The number of methoxy groups -OCH3 is 1. The molecule has 2 fully saturated rings. The first-order valence-electron chi connectivity index (χ1n) is 9.24. The van der Waals surface area contributed by atoms with Gasteiger partial charge in [-0.1, -0.05) is 13.8 Å². The van der Waals surface area contributed by atoms with E-state index in [1.54, 1.807) is 7.11 Å². The van der Waals surface area contributed by atoms with E-state index in [0.717, 1.165) is 38.5 Å². The maximum Gasteiger partial charge on any atom is 0.130 e. The molecule has 0 aromatic heterocycles. The highest BCUT2D eigenvalue weighted by Gasteiger charge is 2.58. The van der Waals surface area contributed by atoms with Crippen LogP contribution in [0.25, 0.3) is 0 Å². The van der Waals surface area contributed by atoms with E-state index in [1.165, 1.54) is 0 Å². The third kappa shape index (κ3) is 3.34. The molecule has 0 aromatic carbocycles. The molecule has 0 bridgehead atoms. The van der Waals surface area contributed by atoms with Crippen LogP contribution in [0.5, 0.6) is 0 Å². The normalized spacial score (nSPS) is 46.0. The third-order valence-electron chi connectivity index (χ3n) is 6.11. The fourth-order valence-electron chi connectivity index (χ4n) is 4.96. The van der Waals surface area contributed by atoms with Crippen LogP contribution in [-0.4, -0.2) is 51.7 Å². The highest BCUT2D eigenvalue weighted by molar-refractivity contribution is 8.00. The molecule has 0 amide bonds. The molecular weight excluding hydrogens is 344 g/mol. The van der Waals surface area contributed by atoms with E-state index in [-0.39, 0.29) is 29.4 Å². The molecule has 0 aromatic rings. The van der Waals surface area contributed by atoms with Gasteiger partial charge in [-0.15, -0.1) is 11.6 Å². The average Bonchev–Trinajstić information content (AvgIpc) is 2.79. The van der Waals surface area contributed by atoms with Gasteiger partial charge < -0.3 is 15.6 Å². The van der Waals surface area contributed by atoms with Crippen molar-refractivity contribution in [2.75, 3.05) is 7.11 Å². The number of fused-ring (bicyclic) bond motifs is 1. The molecule has 1 heterocycles. The van der Waals surface area contributed by atoms with Crippen LogP contribution >= 0.6 is 23.4 Å². The zero-order valence-electron chi connectivity index (χ0n) is 15.0. The maximum atomic E-state index is 11.8. The Morgan fingerprint density at radius 2 is 2.00 bits per heavy atom. The van der Waals surface area contributed by atoms with Crippen LogP contribution in [0.15, 0.2) is 4.99 Å². The van der Waals surface area contributed by atoms with Gasteiger partial charge in [-0.25, -0.2) is 0 Å². The van der Waals surface area contributed by atoms with E-state index in [2.05, 4.69) is 18.8 Å². The van der Waals surface area contributed by atoms with Gasteiger partial charge in [0.2, 0.25) is 0 Å². The summed E-state index contributed by atoms with van der Waals surface area (Å²) in [6.45, 7) is 4.44. The quantitative estimate of drug-likeness (QED) is 0.741. The van der Waals surface area contributed by atoms with Crippen molar-refractivity contribution >= 4 is 29.2 Å². The number of ether oxygens (including phenoxy) is 1. The summed E-state index contributed by atoms with van der Waals surface area (Å²) in [5.74, 6) is 0.591. The van der Waals surface area contributed by atoms with E-state index in [9.17, 15) is 5.11 Å². The Labute approximate surface area is 154 Å². The molecule has 0 saturated heterocycles. The Kier molecular flexibility index (Phi) is 5.75. The van der Waals surface area contributed by atoms with Gasteiger partial charge in [0.25, 0.3) is 0 Å². The minimum Gasteiger partial charge on any atom is -0.385 e. The summed E-state index contributed by atoms with van der Waals surface area (Å²) in [4.78, 5) is 4.67. The van der Waals surface area contributed by atoms with Crippen molar-refractivity contribution in [1.82, 2.24) is 0 Å². The minimum absolute atomic E-state index is 0.0598. The monoisotopic (exact) mass is 374 g/mol. The number of aliphatic hydroxyl groups is 1. The number of nitrogens with two attached hydrogens (primary N) is 1. The van der Waals surface area contributed by atoms with E-state index in [0.29, 0.717) is 16.3 Å². The highest BCUT2D eigenvalue weighted by atomic mass is 35.5. The van der Waals surface area contributed by atoms with Crippen LogP contribution in [0.3, 0.4) is 0 Å². The van der Waals surface area contributed by atoms with E-state index < -0.39 is 5.60 Å². The second kappa shape index (κ2) is 7.34. The molecule has 138 valence electrons. The number of halogens is 1. The topological polar surface area (TPSA) is 67.8 Å². The lowest BCUT2D eigenvalue weighted by Crippen LogP contribution is -2.59. The van der Waals surface area contributed by atoms with Crippen LogP contribution in [0.2, 0.25) is 0 Å². The minimum atomic E-state index is -1.03. The standard InChI is InChI=1S/C18H31ClN2O2S/c1-10(2)24-16-7-5-12(23-3)9-14(16)18(22)13-8-11(19)4-6-15(13)21-17(18)20/h10-16,22H,4-9H2,1-3H3,(H2,20,21). The number of hydrogen-bond acceptors (Lipinski definition) is 5. The Bertz CT molecular complexity index is 490. The van der Waals surface area contributed by atoms with E-state index in [1.807, 2.05) is 11.8 Å². The number of nitrogens with zero attached hydrogens (tertiary/aromatic N) is 1. The molecule has 6 heteroatoms. The molecule has 4 nitrogen and oxygen atoms in total. The predicted molar refractivity (Wildman–Crippen MR) is 102 cm³/mol. The number of aliphatic imine (C=N–C) groups is 1. The summed E-state index contributed by atoms with van der Waals surface area (Å²) in [5.41, 5.74) is 5.31. The van der Waals surface area contributed by atoms with E-state index in [4.69, 9.17) is 22.1 Å². The zero-order chi connectivity index (χ0) is 17.5. The number of hydrogen-bond donors (Lipinski definition) is 2. The third-order valence-corrected chi connectivity index (χ3v) is 7.97. The summed E-state index contributed by atoms with van der Waals surface area (Å²) in [5, 5.41) is 12.9. The average molecular weight is 375 g/mol. The summed E-state index contributed by atoms with van der Waals surface area (Å²) in [7, 11) is 1.77. The van der Waals surface area contributed by atoms with Gasteiger partial charge in [0.05, 0.1) is 12.1 Å². The summed E-state index contributed by atoms with van der Waals surface area (Å²) < 4.78 is 5.64. The van der Waals surface area contributed by atoms with Crippen molar-refractivity contribution in [2.24, 2.45) is 22.6 Å². The molecule has 3 N–H and O–H groups in total. The SMILES string of the molecule is COC1CCC(SC(C)C)C(C2(O)C(N)=NC3CCC(Cl)CC32)C1. The summed E-state index contributed by atoms with van der Waals surface area (Å²) in [6.07, 6.45) is 5.87. The molecule has 0 spiro atoms. The Morgan fingerprint density at radius 1 is 1.25 bits per heavy atom. The highest BCUT2D eigenvalue weighted by Crippen LogP contribution is 2.51. The fourth-order valence-corrected chi connectivity index (χ4v) is 6.76. The van der Waals surface area contributed by atoms with Crippen molar-refractivity contribution in [3.8, 4) is 0 Å². The number of amidine groups is 1. The second-order valence-corrected chi connectivity index (χ2v) is 10.4. The van der Waals surface area contributed by atoms with Crippen LogP contribution in [-0.2, 0) is 4.74 Å². The molecule has 7 unspecified atom stereocenters. The Balaban J connectivity index is 1.90. The summed E-state index contributed by atoms with van der Waals surface area (Å²) in [6, 6.07) is 0.137. The molecule has 3 rings (SSSR count). The molecule has 0 radical (unpaired) electrons. The Hall–Kier alpha value is 0.0300. The molecule has 2 aliphatic carbocycles. The number of thioether (sulfide) groups is 1. The van der Waals surface area contributed by atoms with E-state index >= 15 is 0 Å². The second-order valence-electron chi connectivity index (χ2n) is 7.92. The van der Waals surface area contributed by atoms with Gasteiger partial charge in [0.1, 0.15) is 11.4 Å². The lowest BCUT2D eigenvalue weighted by atomic mass is 9.65. The first-order valence-corrected chi connectivity index (χ1v) is 10.6. The molecule has 7 atom stereocenters. The van der Waals surface area contributed by atoms with Gasteiger partial charge in [-0.05, 0) is 43.8 Å². The fraction of sp³-hybridized carbons (Fsp3) is 0.944. The first kappa shape index (κ1) is 18.8. The first-order chi connectivity index (χ1) is 11.4. The van der Waals surface area contributed by atoms with Crippen molar-refractivity contribution in [3.63, 3.8) is 0 Å². The lowest BCUT2D eigenvalue weighted by Gasteiger charge is -2.48. The molecular formula is C18H31ClN2O2S. The predicted octanol–water partition coefficient (Wildman–Crippen LogP) is 3.19. The maximum absolute atomic E-state index is 11.8.